The first kappa shape index (κ1) is 17.0. The zero-order valence-corrected chi connectivity index (χ0v) is 13.3. The highest BCUT2D eigenvalue weighted by atomic mass is 16.5. The second kappa shape index (κ2) is 7.25. The van der Waals surface area contributed by atoms with Crippen molar-refractivity contribution in [3.63, 3.8) is 0 Å². The van der Waals surface area contributed by atoms with E-state index in [1.54, 1.807) is 25.3 Å². The maximum Gasteiger partial charge on any atom is 0.331 e. The largest absolute Gasteiger partial charge is 0.497 e. The predicted octanol–water partition coefficient (Wildman–Crippen LogP) is 3.63. The van der Waals surface area contributed by atoms with Gasteiger partial charge in [-0.15, -0.1) is 0 Å². The maximum absolute atomic E-state index is 10.9. The molecule has 0 radical (unpaired) electrons. The van der Waals surface area contributed by atoms with E-state index in [1.165, 1.54) is 13.0 Å². The van der Waals surface area contributed by atoms with Gasteiger partial charge in [0.2, 0.25) is 0 Å². The summed E-state index contributed by atoms with van der Waals surface area (Å²) < 4.78 is 5.12. The summed E-state index contributed by atoms with van der Waals surface area (Å²) in [4.78, 5) is 10.9. The van der Waals surface area contributed by atoms with Crippen LogP contribution >= 0.6 is 0 Å². The average molecular weight is 320 g/mol. The Labute approximate surface area is 140 Å². The molecule has 5 heteroatoms. The summed E-state index contributed by atoms with van der Waals surface area (Å²) >= 11 is 0. The molecule has 0 atom stereocenters. The zero-order valence-electron chi connectivity index (χ0n) is 13.3. The standard InChI is InChI=1S/C19H16N2O3/c1-12(19(22)23)9-18(21)14-5-8-17(15(10-14)11-20)13-3-6-16(24-2)7-4-13/h3-10,21H,1-2H3,(H,22,23)/b12-9+,21-18?. The van der Waals surface area contributed by atoms with Crippen molar-refractivity contribution in [2.45, 2.75) is 6.92 Å². The van der Waals surface area contributed by atoms with E-state index in [0.29, 0.717) is 11.1 Å². The fourth-order valence-electron chi connectivity index (χ4n) is 2.19. The molecule has 0 aliphatic carbocycles. The molecule has 24 heavy (non-hydrogen) atoms. The van der Waals surface area contributed by atoms with E-state index in [9.17, 15) is 10.1 Å². The van der Waals surface area contributed by atoms with Gasteiger partial charge in [-0.25, -0.2) is 4.79 Å². The van der Waals surface area contributed by atoms with Gasteiger partial charge >= 0.3 is 5.97 Å². The van der Waals surface area contributed by atoms with Crippen LogP contribution in [0, 0.1) is 16.7 Å². The minimum Gasteiger partial charge on any atom is -0.497 e. The van der Waals surface area contributed by atoms with Crippen LogP contribution in [0.3, 0.4) is 0 Å². The first-order chi connectivity index (χ1) is 11.5. The van der Waals surface area contributed by atoms with Gasteiger partial charge in [0.15, 0.2) is 0 Å². The molecule has 0 aliphatic heterocycles. The number of nitrogens with zero attached hydrogens (tertiary/aromatic N) is 1. The fourth-order valence-corrected chi connectivity index (χ4v) is 2.19. The number of rotatable bonds is 5. The molecule has 0 fully saturated rings. The van der Waals surface area contributed by atoms with Crippen LogP contribution in [-0.2, 0) is 4.79 Å². The second-order valence-corrected chi connectivity index (χ2v) is 5.15. The van der Waals surface area contributed by atoms with Crippen molar-refractivity contribution in [1.29, 1.82) is 10.7 Å². The smallest absolute Gasteiger partial charge is 0.331 e. The molecule has 2 aromatic carbocycles. The first-order valence-electron chi connectivity index (χ1n) is 7.15. The number of aliphatic carboxylic acids is 1. The van der Waals surface area contributed by atoms with Crippen molar-refractivity contribution in [3.8, 4) is 22.9 Å². The van der Waals surface area contributed by atoms with Crippen molar-refractivity contribution in [3.05, 3.63) is 65.2 Å². The summed E-state index contributed by atoms with van der Waals surface area (Å²) in [7, 11) is 1.59. The number of allylic oxidation sites excluding steroid dienone is 1. The van der Waals surface area contributed by atoms with Crippen LogP contribution in [0.5, 0.6) is 5.75 Å². The SMILES string of the molecule is COc1ccc(-c2ccc(C(=N)/C=C(\C)C(=O)O)cc2C#N)cc1. The van der Waals surface area contributed by atoms with Gasteiger partial charge in [0, 0.05) is 11.1 Å². The molecule has 120 valence electrons. The van der Waals surface area contributed by atoms with Crippen LogP contribution < -0.4 is 4.74 Å². The molecule has 0 spiro atoms. The van der Waals surface area contributed by atoms with Crippen LogP contribution in [0.2, 0.25) is 0 Å². The Morgan fingerprint density at radius 1 is 1.25 bits per heavy atom. The van der Waals surface area contributed by atoms with Gasteiger partial charge in [0.1, 0.15) is 5.75 Å². The maximum atomic E-state index is 10.9. The van der Waals surface area contributed by atoms with E-state index in [0.717, 1.165) is 16.9 Å². The molecule has 0 saturated heterocycles. The van der Waals surface area contributed by atoms with E-state index in [-0.39, 0.29) is 11.3 Å². The number of nitriles is 1. The van der Waals surface area contributed by atoms with Gasteiger partial charge in [0.05, 0.1) is 24.5 Å². The van der Waals surface area contributed by atoms with Crippen molar-refractivity contribution in [1.82, 2.24) is 0 Å². The van der Waals surface area contributed by atoms with Crippen molar-refractivity contribution < 1.29 is 14.6 Å². The monoisotopic (exact) mass is 320 g/mol. The average Bonchev–Trinajstić information content (AvgIpc) is 2.61. The second-order valence-electron chi connectivity index (χ2n) is 5.15. The molecule has 0 unspecified atom stereocenters. The zero-order chi connectivity index (χ0) is 17.7. The molecule has 2 aromatic rings. The molecule has 2 rings (SSSR count). The molecule has 0 aliphatic rings. The van der Waals surface area contributed by atoms with Gasteiger partial charge in [-0.05, 0) is 42.3 Å². The van der Waals surface area contributed by atoms with Crippen LogP contribution in [0.15, 0.2) is 54.1 Å². The third kappa shape index (κ3) is 3.68. The lowest BCUT2D eigenvalue weighted by Gasteiger charge is -2.08. The number of nitrogens with one attached hydrogen (secondary N) is 1. The van der Waals surface area contributed by atoms with Crippen LogP contribution in [0.4, 0.5) is 0 Å². The summed E-state index contributed by atoms with van der Waals surface area (Å²) in [6.45, 7) is 1.42. The van der Waals surface area contributed by atoms with Gasteiger partial charge in [-0.2, -0.15) is 5.26 Å². The minimum atomic E-state index is -1.07. The first-order valence-corrected chi connectivity index (χ1v) is 7.15. The number of carboxylic acid groups (broad SMARTS) is 1. The Morgan fingerprint density at radius 3 is 2.46 bits per heavy atom. The minimum absolute atomic E-state index is 0.0488. The van der Waals surface area contributed by atoms with E-state index in [1.807, 2.05) is 24.3 Å². The van der Waals surface area contributed by atoms with E-state index in [4.69, 9.17) is 15.3 Å². The number of carboxylic acids is 1. The summed E-state index contributed by atoms with van der Waals surface area (Å²) in [5, 5.41) is 26.3. The molecule has 0 aromatic heterocycles. The number of carbonyl (C=O) groups is 1. The van der Waals surface area contributed by atoms with Gasteiger partial charge in [-0.1, -0.05) is 24.3 Å². The quantitative estimate of drug-likeness (QED) is 0.649. The lowest BCUT2D eigenvalue weighted by atomic mass is 9.96. The highest BCUT2D eigenvalue weighted by molar-refractivity contribution is 6.10. The molecule has 0 heterocycles. The molecule has 0 saturated carbocycles. The molecule has 0 amide bonds. The number of ether oxygens (including phenoxy) is 1. The third-order valence-electron chi connectivity index (χ3n) is 3.55. The number of benzene rings is 2. The van der Waals surface area contributed by atoms with Gasteiger partial charge in [0.25, 0.3) is 0 Å². The Morgan fingerprint density at radius 2 is 1.92 bits per heavy atom. The summed E-state index contributed by atoms with van der Waals surface area (Å²) in [6, 6.07) is 14.5. The normalized spacial score (nSPS) is 10.8. The van der Waals surface area contributed by atoms with Gasteiger partial charge < -0.3 is 15.3 Å². The Hall–Kier alpha value is -3.39. The van der Waals surface area contributed by atoms with Crippen molar-refractivity contribution in [2.24, 2.45) is 0 Å². The number of hydrogen-bond donors (Lipinski definition) is 2. The lowest BCUT2D eigenvalue weighted by molar-refractivity contribution is -0.132. The summed E-state index contributed by atoms with van der Waals surface area (Å²) in [5.41, 5.74) is 2.64. The van der Waals surface area contributed by atoms with Crippen LogP contribution in [-0.4, -0.2) is 23.9 Å². The number of hydrogen-bond acceptors (Lipinski definition) is 4. The van der Waals surface area contributed by atoms with Crippen molar-refractivity contribution in [2.75, 3.05) is 7.11 Å². The molecule has 5 nitrogen and oxygen atoms in total. The van der Waals surface area contributed by atoms with Crippen molar-refractivity contribution >= 4 is 11.7 Å². The fraction of sp³-hybridized carbons (Fsp3) is 0.105. The highest BCUT2D eigenvalue weighted by Crippen LogP contribution is 2.26. The Kier molecular flexibility index (Phi) is 5.13. The van der Waals surface area contributed by atoms with E-state index < -0.39 is 5.97 Å². The van der Waals surface area contributed by atoms with Gasteiger partial charge in [-0.3, -0.25) is 0 Å². The highest BCUT2D eigenvalue weighted by Gasteiger charge is 2.09. The Balaban J connectivity index is 2.41. The predicted molar refractivity (Wildman–Crippen MR) is 91.4 cm³/mol. The third-order valence-corrected chi connectivity index (χ3v) is 3.55. The molecular weight excluding hydrogens is 304 g/mol. The summed E-state index contributed by atoms with van der Waals surface area (Å²) in [6.07, 6.45) is 1.27. The van der Waals surface area contributed by atoms with E-state index in [2.05, 4.69) is 6.07 Å². The Bertz CT molecular complexity index is 859. The summed E-state index contributed by atoms with van der Waals surface area (Å²) in [5.74, 6) is -0.347. The van der Waals surface area contributed by atoms with E-state index >= 15 is 0 Å². The topological polar surface area (TPSA) is 94.2 Å². The molecular formula is C19H16N2O3. The molecule has 2 N–H and O–H groups in total. The van der Waals surface area contributed by atoms with Crippen LogP contribution in [0.1, 0.15) is 18.1 Å². The molecule has 0 bridgehead atoms. The number of methoxy groups -OCH3 is 1. The van der Waals surface area contributed by atoms with Crippen LogP contribution in [0.25, 0.3) is 11.1 Å². The lowest BCUT2D eigenvalue weighted by Crippen LogP contribution is -2.02.